The normalized spacial score (nSPS) is 10.9. The third kappa shape index (κ3) is 5.38. The monoisotopic (exact) mass is 404 g/mol. The Labute approximate surface area is 166 Å². The molecule has 0 saturated carbocycles. The Hall–Kier alpha value is -2.75. The lowest BCUT2D eigenvalue weighted by Crippen LogP contribution is -2.26. The van der Waals surface area contributed by atoms with Gasteiger partial charge in [0.15, 0.2) is 11.5 Å². The van der Waals surface area contributed by atoms with Gasteiger partial charge in [-0.1, -0.05) is 17.7 Å². The molecule has 0 aliphatic heterocycles. The van der Waals surface area contributed by atoms with Crippen LogP contribution >= 0.6 is 11.6 Å². The van der Waals surface area contributed by atoms with Crippen LogP contribution in [0.2, 0.25) is 5.02 Å². The highest BCUT2D eigenvalue weighted by Crippen LogP contribution is 2.11. The maximum absolute atomic E-state index is 12.2. The number of nitrogens with one attached hydrogen (secondary N) is 2. The maximum Gasteiger partial charge on any atom is 0.251 e. The lowest BCUT2D eigenvalue weighted by molar-refractivity contribution is 0.0954. The van der Waals surface area contributed by atoms with Crippen LogP contribution in [-0.2, 0) is 11.2 Å². The Morgan fingerprint density at radius 3 is 2.89 bits per heavy atom. The zero-order valence-electron chi connectivity index (χ0n) is 15.1. The number of anilines is 1. The third-order valence-corrected chi connectivity index (χ3v) is 4.07. The molecule has 0 bridgehead atoms. The molecule has 10 heteroatoms. The van der Waals surface area contributed by atoms with E-state index in [-0.39, 0.29) is 12.5 Å². The molecule has 0 saturated heterocycles. The molecular weight excluding hydrogens is 384 g/mol. The molecule has 2 aromatic heterocycles. The van der Waals surface area contributed by atoms with Crippen molar-refractivity contribution >= 4 is 29.0 Å². The van der Waals surface area contributed by atoms with Crippen LogP contribution in [-0.4, -0.2) is 63.7 Å². The highest BCUT2D eigenvalue weighted by Gasteiger charge is 2.10. The Balaban J connectivity index is 1.55. The average Bonchev–Trinajstić information content (AvgIpc) is 3.10. The lowest BCUT2D eigenvalue weighted by atomic mass is 10.2. The summed E-state index contributed by atoms with van der Waals surface area (Å²) in [5, 5.41) is 27.9. The second-order valence-corrected chi connectivity index (χ2v) is 6.32. The number of halogens is 1. The summed E-state index contributed by atoms with van der Waals surface area (Å²) in [4.78, 5) is 12.2. The minimum atomic E-state index is -0.200. The first kappa shape index (κ1) is 20.0. The van der Waals surface area contributed by atoms with E-state index >= 15 is 0 Å². The molecule has 2 heterocycles. The van der Waals surface area contributed by atoms with Gasteiger partial charge >= 0.3 is 0 Å². The van der Waals surface area contributed by atoms with Crippen LogP contribution in [0.5, 0.6) is 0 Å². The van der Waals surface area contributed by atoms with E-state index in [2.05, 4.69) is 25.9 Å². The molecule has 9 nitrogen and oxygen atoms in total. The molecule has 3 aromatic rings. The molecule has 0 aliphatic carbocycles. The van der Waals surface area contributed by atoms with Crippen LogP contribution in [0.15, 0.2) is 36.4 Å². The number of hydrogen-bond acceptors (Lipinski definition) is 7. The van der Waals surface area contributed by atoms with Crippen LogP contribution < -0.4 is 10.6 Å². The van der Waals surface area contributed by atoms with E-state index in [9.17, 15) is 4.79 Å². The Morgan fingerprint density at radius 2 is 2.07 bits per heavy atom. The second-order valence-electron chi connectivity index (χ2n) is 5.88. The molecule has 0 unspecified atom stereocenters. The third-order valence-electron chi connectivity index (χ3n) is 3.84. The van der Waals surface area contributed by atoms with Gasteiger partial charge in [0.05, 0.1) is 19.8 Å². The highest BCUT2D eigenvalue weighted by atomic mass is 35.5. The zero-order valence-corrected chi connectivity index (χ0v) is 15.9. The summed E-state index contributed by atoms with van der Waals surface area (Å²) in [6, 6.07) is 10.4. The molecule has 0 spiro atoms. The largest absolute Gasteiger partial charge is 0.394 e. The second kappa shape index (κ2) is 9.98. The van der Waals surface area contributed by atoms with Gasteiger partial charge in [0, 0.05) is 30.1 Å². The summed E-state index contributed by atoms with van der Waals surface area (Å²) in [5.41, 5.74) is 1.13. The molecule has 28 heavy (non-hydrogen) atoms. The number of aliphatic hydroxyl groups is 1. The van der Waals surface area contributed by atoms with E-state index in [0.717, 1.165) is 0 Å². The fourth-order valence-electron chi connectivity index (χ4n) is 2.52. The van der Waals surface area contributed by atoms with Gasteiger partial charge in [-0.3, -0.25) is 4.79 Å². The topological polar surface area (TPSA) is 114 Å². The van der Waals surface area contributed by atoms with E-state index in [1.165, 1.54) is 0 Å². The Kier molecular flexibility index (Phi) is 7.12. The molecule has 0 radical (unpaired) electrons. The van der Waals surface area contributed by atoms with E-state index < -0.39 is 0 Å². The van der Waals surface area contributed by atoms with E-state index in [0.29, 0.717) is 60.6 Å². The highest BCUT2D eigenvalue weighted by molar-refractivity contribution is 6.30. The number of aliphatic hydroxyl groups excluding tert-OH is 1. The lowest BCUT2D eigenvalue weighted by Gasteiger charge is -2.07. The Bertz CT molecular complexity index is 933. The molecule has 1 aromatic carbocycles. The molecule has 0 fully saturated rings. The van der Waals surface area contributed by atoms with E-state index in [1.54, 1.807) is 34.8 Å². The summed E-state index contributed by atoms with van der Waals surface area (Å²) >= 11 is 5.91. The van der Waals surface area contributed by atoms with Crippen molar-refractivity contribution in [3.05, 3.63) is 52.8 Å². The average molecular weight is 405 g/mol. The van der Waals surface area contributed by atoms with Crippen LogP contribution in [0.3, 0.4) is 0 Å². The minimum Gasteiger partial charge on any atom is -0.394 e. The van der Waals surface area contributed by atoms with Crippen molar-refractivity contribution in [3.8, 4) is 0 Å². The Morgan fingerprint density at radius 1 is 1.18 bits per heavy atom. The number of carbonyl (C=O) groups is 1. The van der Waals surface area contributed by atoms with Gasteiger partial charge in [0.2, 0.25) is 0 Å². The number of benzene rings is 1. The summed E-state index contributed by atoms with van der Waals surface area (Å²) < 4.78 is 6.84. The fourth-order valence-corrected chi connectivity index (χ4v) is 2.71. The van der Waals surface area contributed by atoms with Gasteiger partial charge < -0.3 is 20.5 Å². The van der Waals surface area contributed by atoms with Gasteiger partial charge in [-0.25, -0.2) is 0 Å². The van der Waals surface area contributed by atoms with Crippen molar-refractivity contribution in [2.45, 2.75) is 6.42 Å². The quantitative estimate of drug-likeness (QED) is 0.434. The van der Waals surface area contributed by atoms with Crippen LogP contribution in [0.25, 0.3) is 5.65 Å². The summed E-state index contributed by atoms with van der Waals surface area (Å²) in [6.45, 7) is 1.73. The van der Waals surface area contributed by atoms with Gasteiger partial charge in [-0.15, -0.1) is 15.3 Å². The van der Waals surface area contributed by atoms with Crippen LogP contribution in [0.4, 0.5) is 5.82 Å². The number of rotatable bonds is 10. The molecule has 0 atom stereocenters. The number of carbonyl (C=O) groups excluding carboxylic acids is 1. The number of ether oxygens (including phenoxy) is 1. The molecule has 1 amide bonds. The van der Waals surface area contributed by atoms with Crippen molar-refractivity contribution in [1.82, 2.24) is 25.1 Å². The predicted molar refractivity (Wildman–Crippen MR) is 105 cm³/mol. The first-order valence-electron chi connectivity index (χ1n) is 8.85. The summed E-state index contributed by atoms with van der Waals surface area (Å²) in [7, 11) is 0. The van der Waals surface area contributed by atoms with Crippen LogP contribution in [0.1, 0.15) is 16.2 Å². The van der Waals surface area contributed by atoms with Gasteiger partial charge in [0.1, 0.15) is 5.82 Å². The van der Waals surface area contributed by atoms with Crippen molar-refractivity contribution in [2.75, 3.05) is 38.2 Å². The predicted octanol–water partition coefficient (Wildman–Crippen LogP) is 1.17. The van der Waals surface area contributed by atoms with Gasteiger partial charge in [0.25, 0.3) is 5.91 Å². The molecular formula is C18H21ClN6O3. The molecule has 3 N–H and O–H groups in total. The number of aromatic nitrogens is 4. The number of fused-ring (bicyclic) bond motifs is 1. The molecule has 0 aliphatic rings. The number of amides is 1. The van der Waals surface area contributed by atoms with Crippen molar-refractivity contribution in [2.24, 2.45) is 0 Å². The van der Waals surface area contributed by atoms with E-state index in [4.69, 9.17) is 21.4 Å². The van der Waals surface area contributed by atoms with Gasteiger partial charge in [-0.2, -0.15) is 4.52 Å². The fraction of sp³-hybridized carbons (Fsp3) is 0.333. The standard InChI is InChI=1S/C18H21ClN6O3/c19-14-3-1-2-13(12-14)18(27)21-7-6-17-23-22-16-5-4-15(24-25(16)17)20-8-10-28-11-9-26/h1-5,12,26H,6-11H2,(H,20,24)(H,21,27). The van der Waals surface area contributed by atoms with Crippen LogP contribution in [0, 0.1) is 0 Å². The first-order valence-corrected chi connectivity index (χ1v) is 9.23. The number of nitrogens with zero attached hydrogens (tertiary/aromatic N) is 4. The zero-order chi connectivity index (χ0) is 19.8. The SMILES string of the molecule is O=C(NCCc1nnc2ccc(NCCOCCO)nn12)c1cccc(Cl)c1. The van der Waals surface area contributed by atoms with Gasteiger partial charge in [-0.05, 0) is 30.3 Å². The minimum absolute atomic E-state index is 0.00211. The molecule has 3 rings (SSSR count). The maximum atomic E-state index is 12.2. The number of hydrogen-bond donors (Lipinski definition) is 3. The van der Waals surface area contributed by atoms with Crippen molar-refractivity contribution < 1.29 is 14.6 Å². The first-order chi connectivity index (χ1) is 13.7. The molecule has 148 valence electrons. The van der Waals surface area contributed by atoms with Crippen molar-refractivity contribution in [3.63, 3.8) is 0 Å². The summed E-state index contributed by atoms with van der Waals surface area (Å²) in [6.07, 6.45) is 0.476. The van der Waals surface area contributed by atoms with Crippen molar-refractivity contribution in [1.29, 1.82) is 0 Å². The van der Waals surface area contributed by atoms with E-state index in [1.807, 2.05) is 6.07 Å². The summed E-state index contributed by atoms with van der Waals surface area (Å²) in [5.74, 6) is 1.10. The smallest absolute Gasteiger partial charge is 0.251 e.